The number of ketones is 2. The van der Waals surface area contributed by atoms with Crippen molar-refractivity contribution in [3.63, 3.8) is 0 Å². The molecule has 2 saturated heterocycles. The van der Waals surface area contributed by atoms with Gasteiger partial charge in [0.05, 0.1) is 63.3 Å². The average molecular weight is 907 g/mol. The van der Waals surface area contributed by atoms with Gasteiger partial charge in [-0.1, -0.05) is 103 Å². The van der Waals surface area contributed by atoms with Gasteiger partial charge in [0.25, 0.3) is 11.8 Å². The van der Waals surface area contributed by atoms with E-state index in [0.717, 1.165) is 33.6 Å². The van der Waals surface area contributed by atoms with E-state index in [1.807, 2.05) is 48.5 Å². The zero-order chi connectivity index (χ0) is 46.9. The number of Topliss-reactive ketones (excluding diaryl/α,β-unsaturated/α-hetero) is 2. The second-order valence-electron chi connectivity index (χ2n) is 16.3. The Morgan fingerprint density at radius 1 is 0.597 bits per heavy atom. The van der Waals surface area contributed by atoms with Crippen molar-refractivity contribution in [2.24, 2.45) is 0 Å². The molecule has 2 fully saturated rings. The molecule has 4 aromatic carbocycles. The number of ether oxygens (including phenoxy) is 3. The summed E-state index contributed by atoms with van der Waals surface area (Å²) in [6, 6.07) is 29.6. The molecule has 2 aliphatic rings. The Bertz CT molecular complexity index is 2720. The van der Waals surface area contributed by atoms with E-state index < -0.39 is 59.7 Å². The lowest BCUT2D eigenvalue weighted by Crippen LogP contribution is -2.44. The monoisotopic (exact) mass is 906 g/mol. The van der Waals surface area contributed by atoms with E-state index in [0.29, 0.717) is 74.8 Å². The highest BCUT2D eigenvalue weighted by Gasteiger charge is 2.40. The minimum atomic E-state index is -1.20. The molecule has 0 saturated carbocycles. The van der Waals surface area contributed by atoms with E-state index in [2.05, 4.69) is 30.6 Å². The molecule has 2 aliphatic heterocycles. The molecule has 0 radical (unpaired) electrons. The Labute approximate surface area is 386 Å². The zero-order valence-electron chi connectivity index (χ0n) is 37.0. The van der Waals surface area contributed by atoms with Gasteiger partial charge in [-0.15, -0.1) is 0 Å². The molecule has 0 unspecified atom stereocenters. The summed E-state index contributed by atoms with van der Waals surface area (Å²) in [5, 5.41) is 5.01. The van der Waals surface area contributed by atoms with Crippen LogP contribution in [0.3, 0.4) is 0 Å². The van der Waals surface area contributed by atoms with E-state index in [9.17, 15) is 28.8 Å². The molecule has 8 rings (SSSR count). The van der Waals surface area contributed by atoms with Gasteiger partial charge in [-0.3, -0.25) is 19.2 Å². The van der Waals surface area contributed by atoms with Gasteiger partial charge >= 0.3 is 12.2 Å². The number of methoxy groups -OCH3 is 2. The number of likely N-dealkylation sites (tertiary alicyclic amines) is 2. The third-order valence-electron chi connectivity index (χ3n) is 12.0. The van der Waals surface area contributed by atoms with Crippen LogP contribution in [0.5, 0.6) is 0 Å². The normalized spacial score (nSPS) is 16.5. The smallest absolute Gasteiger partial charge is 0.407 e. The lowest BCUT2D eigenvalue weighted by Gasteiger charge is -2.25. The highest BCUT2D eigenvalue weighted by atomic mass is 16.5. The zero-order valence-corrected chi connectivity index (χ0v) is 37.0. The summed E-state index contributed by atoms with van der Waals surface area (Å²) in [5.41, 5.74) is 6.12. The maximum Gasteiger partial charge on any atom is 0.407 e. The quantitative estimate of drug-likeness (QED) is 0.0737. The third kappa shape index (κ3) is 10.5. The van der Waals surface area contributed by atoms with Crippen molar-refractivity contribution >= 4 is 35.6 Å². The Morgan fingerprint density at radius 2 is 1.07 bits per heavy atom. The Kier molecular flexibility index (Phi) is 14.3. The first-order valence-electron chi connectivity index (χ1n) is 22.0. The van der Waals surface area contributed by atoms with E-state index in [1.54, 1.807) is 73.1 Å². The van der Waals surface area contributed by atoms with E-state index in [4.69, 9.17) is 14.2 Å². The minimum Gasteiger partial charge on any atom is -0.453 e. The fraction of sp³-hybridized carbons (Fsp3) is 0.280. The molecule has 4 atom stereocenters. The first kappa shape index (κ1) is 45.6. The fourth-order valence-corrected chi connectivity index (χ4v) is 8.56. The predicted molar refractivity (Wildman–Crippen MR) is 243 cm³/mol. The number of imidazole rings is 2. The minimum absolute atomic E-state index is 0.347. The molecule has 17 heteroatoms. The van der Waals surface area contributed by atoms with Crippen LogP contribution in [0.4, 0.5) is 9.59 Å². The molecule has 344 valence electrons. The van der Waals surface area contributed by atoms with Crippen molar-refractivity contribution in [3.05, 3.63) is 155 Å². The molecule has 17 nitrogen and oxygen atoms in total. The second kappa shape index (κ2) is 20.9. The first-order chi connectivity index (χ1) is 32.6. The topological polar surface area (TPSA) is 218 Å². The Hall–Kier alpha value is -7.92. The Morgan fingerprint density at radius 3 is 1.57 bits per heavy atom. The summed E-state index contributed by atoms with van der Waals surface area (Å²) < 4.78 is 15.6. The number of amides is 4. The van der Waals surface area contributed by atoms with Crippen molar-refractivity contribution in [3.8, 4) is 22.5 Å². The van der Waals surface area contributed by atoms with Gasteiger partial charge in [-0.25, -0.2) is 19.6 Å². The van der Waals surface area contributed by atoms with E-state index in [-0.39, 0.29) is 0 Å². The fourth-order valence-electron chi connectivity index (χ4n) is 8.56. The van der Waals surface area contributed by atoms with Crippen LogP contribution < -0.4 is 10.6 Å². The number of benzene rings is 4. The number of rotatable bonds is 16. The number of aromatic nitrogens is 4. The number of hydrogen-bond donors (Lipinski definition) is 4. The van der Waals surface area contributed by atoms with Gasteiger partial charge in [0.2, 0.25) is 11.6 Å². The summed E-state index contributed by atoms with van der Waals surface area (Å²) in [6.07, 6.45) is 4.40. The first-order valence-corrected chi connectivity index (χ1v) is 22.0. The van der Waals surface area contributed by atoms with Crippen LogP contribution in [0.2, 0.25) is 0 Å². The summed E-state index contributed by atoms with van der Waals surface area (Å²) in [6.45, 7) is 1.45. The molecule has 0 spiro atoms. The van der Waals surface area contributed by atoms with Crippen molar-refractivity contribution in [2.75, 3.05) is 27.3 Å². The largest absolute Gasteiger partial charge is 0.453 e. The lowest BCUT2D eigenvalue weighted by atomic mass is 10.0. The SMILES string of the molecule is COC(=O)N[C@H](C(=O)C(=O)N1CCC[C@@H]1c1ncc(-c2ccc(COCc3cccc(-c4cnc([C@H]5CCCN5C(=O)C(=O)[C@H](NC(=O)OC)c5ccccc5)[nH]4)c3)cc2)[nH]1)c1ccccc1. The van der Waals surface area contributed by atoms with Crippen LogP contribution >= 0.6 is 0 Å². The highest BCUT2D eigenvalue weighted by molar-refractivity contribution is 6.39. The summed E-state index contributed by atoms with van der Waals surface area (Å²) in [4.78, 5) is 97.7. The number of nitrogens with zero attached hydrogens (tertiary/aromatic N) is 4. The van der Waals surface area contributed by atoms with Crippen LogP contribution in [0, 0.1) is 0 Å². The van der Waals surface area contributed by atoms with Crippen molar-refractivity contribution in [2.45, 2.75) is 63.1 Å². The van der Waals surface area contributed by atoms with Gasteiger partial charge in [-0.2, -0.15) is 0 Å². The summed E-state index contributed by atoms with van der Waals surface area (Å²) >= 11 is 0. The van der Waals surface area contributed by atoms with E-state index in [1.165, 1.54) is 24.0 Å². The summed E-state index contributed by atoms with van der Waals surface area (Å²) in [5.74, 6) is -1.82. The Balaban J connectivity index is 0.857. The molecule has 4 heterocycles. The molecule has 4 N–H and O–H groups in total. The number of alkyl carbamates (subject to hydrolysis) is 2. The maximum atomic E-state index is 13.7. The average Bonchev–Trinajstić information content (AvgIpc) is 4.23. The van der Waals surface area contributed by atoms with Gasteiger partial charge in [0.15, 0.2) is 0 Å². The lowest BCUT2D eigenvalue weighted by molar-refractivity contribution is -0.146. The molecular weight excluding hydrogens is 857 g/mol. The van der Waals surface area contributed by atoms with Crippen LogP contribution in [0.15, 0.2) is 122 Å². The molecule has 67 heavy (non-hydrogen) atoms. The number of carbonyl (C=O) groups excluding carboxylic acids is 6. The van der Waals surface area contributed by atoms with Crippen molar-refractivity contribution < 1.29 is 43.0 Å². The van der Waals surface area contributed by atoms with Crippen LogP contribution in [0.1, 0.15) is 83.8 Å². The standard InChI is InChI=1S/C50H50N8O9/c1-65-49(63)55-41(34-13-5-3-6-14-34)43(59)47(61)57-24-10-18-39(57)45-51-27-37(53-45)33-22-20-31(21-23-33)29-67-30-32-12-9-17-36(26-32)38-28-52-46(54-38)40-19-11-25-58(40)48(62)44(60)42(56-50(64)66-2)35-15-7-4-8-16-35/h3-9,12-17,20-23,26-28,39-42H,10-11,18-19,24-25,29-30H2,1-2H3,(H,51,53)(H,52,54)(H,55,63)(H,56,64)/t39-,40-,41+,42-/m1/s1. The van der Waals surface area contributed by atoms with Crippen LogP contribution in [-0.2, 0) is 46.6 Å². The maximum absolute atomic E-state index is 13.7. The number of H-pyrrole nitrogens is 2. The van der Waals surface area contributed by atoms with Crippen molar-refractivity contribution in [1.29, 1.82) is 0 Å². The number of aromatic amines is 2. The number of carbonyl (C=O) groups is 6. The summed E-state index contributed by atoms with van der Waals surface area (Å²) in [7, 11) is 2.39. The molecule has 0 aliphatic carbocycles. The number of hydrogen-bond acceptors (Lipinski definition) is 11. The van der Waals surface area contributed by atoms with E-state index >= 15 is 0 Å². The highest BCUT2D eigenvalue weighted by Crippen LogP contribution is 2.34. The molecule has 0 bridgehead atoms. The van der Waals surface area contributed by atoms with Gasteiger partial charge < -0.3 is 44.6 Å². The van der Waals surface area contributed by atoms with Crippen LogP contribution in [0.25, 0.3) is 22.5 Å². The molecule has 2 aromatic heterocycles. The second-order valence-corrected chi connectivity index (χ2v) is 16.3. The molecular formula is C50H50N8O9. The van der Waals surface area contributed by atoms with Gasteiger partial charge in [-0.05, 0) is 65.1 Å². The molecule has 4 amide bonds. The van der Waals surface area contributed by atoms with Gasteiger partial charge in [0, 0.05) is 13.1 Å². The predicted octanol–water partition coefficient (Wildman–Crippen LogP) is 6.84. The molecule has 6 aromatic rings. The van der Waals surface area contributed by atoms with Gasteiger partial charge in [0.1, 0.15) is 23.7 Å². The third-order valence-corrected chi connectivity index (χ3v) is 12.0. The number of nitrogens with one attached hydrogen (secondary N) is 4. The van der Waals surface area contributed by atoms with Crippen LogP contribution in [-0.4, -0.2) is 92.6 Å². The van der Waals surface area contributed by atoms with Crippen molar-refractivity contribution in [1.82, 2.24) is 40.4 Å².